The molecule has 0 fully saturated rings. The highest BCUT2D eigenvalue weighted by atomic mass is 35.7. The summed E-state index contributed by atoms with van der Waals surface area (Å²) in [7, 11) is 1.27. The first-order valence-corrected chi connectivity index (χ1v) is 4.83. The lowest BCUT2D eigenvalue weighted by atomic mass is 10.2. The van der Waals surface area contributed by atoms with Crippen LogP contribution in [0.2, 0.25) is 0 Å². The number of hydrogen-bond donors (Lipinski definition) is 1. The van der Waals surface area contributed by atoms with E-state index in [1.807, 2.05) is 0 Å². The fraction of sp³-hybridized carbons (Fsp3) is 1.00. The van der Waals surface area contributed by atoms with Gasteiger partial charge in [0.15, 0.2) is 0 Å². The van der Waals surface area contributed by atoms with Gasteiger partial charge in [0.2, 0.25) is 9.05 Å². The minimum absolute atomic E-state index is 0.415. The number of hydrogen-bond acceptors (Lipinski definition) is 3. The van der Waals surface area contributed by atoms with E-state index < -0.39 is 20.4 Å². The molecule has 0 aromatic carbocycles. The molecule has 0 saturated carbocycles. The third kappa shape index (κ3) is 8.20. The molecule has 0 aromatic heterocycles. The normalized spacial score (nSPS) is 13.8. The largest absolute Gasteiger partial charge is 0.389 e. The van der Waals surface area contributed by atoms with Gasteiger partial charge in [0, 0.05) is 10.7 Å². The van der Waals surface area contributed by atoms with Crippen LogP contribution in [0.5, 0.6) is 0 Å². The summed E-state index contributed by atoms with van der Waals surface area (Å²) in [5, 5.41) is 8.89. The van der Waals surface area contributed by atoms with Crippen molar-refractivity contribution < 1.29 is 13.5 Å². The summed E-state index contributed by atoms with van der Waals surface area (Å²) in [4.78, 5) is 0. The fourth-order valence-corrected chi connectivity index (χ4v) is 2.07. The second kappa shape index (κ2) is 2.44. The Morgan fingerprint density at radius 3 is 1.89 bits per heavy atom. The van der Waals surface area contributed by atoms with E-state index in [1.165, 1.54) is 13.8 Å². The van der Waals surface area contributed by atoms with Crippen molar-refractivity contribution in [3.8, 4) is 0 Å². The lowest BCUT2D eigenvalue weighted by Gasteiger charge is -2.13. The third-order valence-electron chi connectivity index (χ3n) is 0.526. The highest BCUT2D eigenvalue weighted by Crippen LogP contribution is 2.08. The topological polar surface area (TPSA) is 54.4 Å². The fourth-order valence-electron chi connectivity index (χ4n) is 0.422. The average molecular weight is 173 g/mol. The SMILES string of the molecule is CC(C)(O)CS(=O)(=O)Cl. The molecule has 0 aliphatic heterocycles. The molecule has 0 aromatic rings. The molecular weight excluding hydrogens is 164 g/mol. The van der Waals surface area contributed by atoms with Crippen LogP contribution in [0.3, 0.4) is 0 Å². The maximum atomic E-state index is 10.3. The van der Waals surface area contributed by atoms with Crippen LogP contribution < -0.4 is 0 Å². The van der Waals surface area contributed by atoms with E-state index in [0.29, 0.717) is 0 Å². The van der Waals surface area contributed by atoms with Crippen LogP contribution in [-0.4, -0.2) is 24.9 Å². The van der Waals surface area contributed by atoms with Gasteiger partial charge in [-0.15, -0.1) is 0 Å². The molecule has 0 spiro atoms. The molecule has 5 heteroatoms. The lowest BCUT2D eigenvalue weighted by molar-refractivity contribution is 0.105. The Morgan fingerprint density at radius 1 is 1.56 bits per heavy atom. The smallest absolute Gasteiger partial charge is 0.235 e. The summed E-state index contributed by atoms with van der Waals surface area (Å²) in [6.07, 6.45) is 0. The first kappa shape index (κ1) is 9.20. The van der Waals surface area contributed by atoms with E-state index in [-0.39, 0.29) is 0 Å². The molecule has 0 unspecified atom stereocenters. The Morgan fingerprint density at radius 2 is 1.89 bits per heavy atom. The summed E-state index contributed by atoms with van der Waals surface area (Å²) in [6.45, 7) is 2.76. The minimum Gasteiger partial charge on any atom is -0.389 e. The van der Waals surface area contributed by atoms with Crippen LogP contribution in [-0.2, 0) is 9.05 Å². The summed E-state index contributed by atoms with van der Waals surface area (Å²) in [5.74, 6) is -0.415. The van der Waals surface area contributed by atoms with Gasteiger partial charge >= 0.3 is 0 Å². The van der Waals surface area contributed by atoms with E-state index in [0.717, 1.165) is 0 Å². The average Bonchev–Trinajstić information content (AvgIpc) is 1.14. The highest BCUT2D eigenvalue weighted by Gasteiger charge is 2.20. The Balaban J connectivity index is 4.07. The lowest BCUT2D eigenvalue weighted by Crippen LogP contribution is -2.27. The van der Waals surface area contributed by atoms with Gasteiger partial charge in [-0.05, 0) is 13.8 Å². The van der Waals surface area contributed by atoms with Crippen LogP contribution in [0.4, 0.5) is 0 Å². The van der Waals surface area contributed by atoms with Crippen molar-refractivity contribution in [2.75, 3.05) is 5.75 Å². The number of halogens is 1. The van der Waals surface area contributed by atoms with Crippen molar-refractivity contribution in [1.29, 1.82) is 0 Å². The molecule has 0 rings (SSSR count). The summed E-state index contributed by atoms with van der Waals surface area (Å²) in [6, 6.07) is 0. The van der Waals surface area contributed by atoms with Crippen molar-refractivity contribution in [2.45, 2.75) is 19.4 Å². The minimum atomic E-state index is -3.56. The Labute approximate surface area is 59.1 Å². The quantitative estimate of drug-likeness (QED) is 0.611. The number of rotatable bonds is 2. The molecule has 0 amide bonds. The van der Waals surface area contributed by atoms with Crippen molar-refractivity contribution in [3.63, 3.8) is 0 Å². The van der Waals surface area contributed by atoms with E-state index in [9.17, 15) is 8.42 Å². The van der Waals surface area contributed by atoms with Gasteiger partial charge in [0.1, 0.15) is 0 Å². The number of aliphatic hydroxyl groups is 1. The second-order valence-corrected chi connectivity index (χ2v) is 5.27. The zero-order chi connectivity index (χ0) is 7.71. The van der Waals surface area contributed by atoms with Crippen molar-refractivity contribution >= 4 is 19.7 Å². The van der Waals surface area contributed by atoms with Crippen molar-refractivity contribution in [2.24, 2.45) is 0 Å². The Kier molecular flexibility index (Phi) is 2.49. The molecular formula is C4H9ClO3S. The van der Waals surface area contributed by atoms with E-state index in [4.69, 9.17) is 15.8 Å². The van der Waals surface area contributed by atoms with Gasteiger partial charge in [-0.25, -0.2) is 8.42 Å². The van der Waals surface area contributed by atoms with Gasteiger partial charge in [0.25, 0.3) is 0 Å². The molecule has 0 radical (unpaired) electrons. The van der Waals surface area contributed by atoms with Crippen LogP contribution in [0.15, 0.2) is 0 Å². The van der Waals surface area contributed by atoms with Crippen LogP contribution in [0, 0.1) is 0 Å². The van der Waals surface area contributed by atoms with E-state index in [1.54, 1.807) is 0 Å². The van der Waals surface area contributed by atoms with E-state index in [2.05, 4.69) is 0 Å². The Bertz CT molecular complexity index is 176. The first-order valence-electron chi connectivity index (χ1n) is 2.35. The highest BCUT2D eigenvalue weighted by molar-refractivity contribution is 8.13. The predicted molar refractivity (Wildman–Crippen MR) is 35.9 cm³/mol. The second-order valence-electron chi connectivity index (χ2n) is 2.50. The molecule has 9 heavy (non-hydrogen) atoms. The van der Waals surface area contributed by atoms with Crippen LogP contribution in [0.25, 0.3) is 0 Å². The maximum Gasteiger partial charge on any atom is 0.235 e. The van der Waals surface area contributed by atoms with E-state index >= 15 is 0 Å². The maximum absolute atomic E-state index is 10.3. The first-order chi connectivity index (χ1) is 3.71. The standard InChI is InChI=1S/C4H9ClO3S/c1-4(2,6)3-9(5,7)8/h6H,3H2,1-2H3. The van der Waals surface area contributed by atoms with Gasteiger partial charge in [-0.3, -0.25) is 0 Å². The van der Waals surface area contributed by atoms with Crippen molar-refractivity contribution in [3.05, 3.63) is 0 Å². The van der Waals surface area contributed by atoms with Gasteiger partial charge in [0.05, 0.1) is 11.4 Å². The van der Waals surface area contributed by atoms with Gasteiger partial charge in [-0.2, -0.15) is 0 Å². The molecule has 3 nitrogen and oxygen atoms in total. The molecule has 0 atom stereocenters. The van der Waals surface area contributed by atoms with Gasteiger partial charge < -0.3 is 5.11 Å². The third-order valence-corrected chi connectivity index (χ3v) is 1.90. The molecule has 56 valence electrons. The van der Waals surface area contributed by atoms with Crippen molar-refractivity contribution in [1.82, 2.24) is 0 Å². The van der Waals surface area contributed by atoms with Gasteiger partial charge in [-0.1, -0.05) is 0 Å². The predicted octanol–water partition coefficient (Wildman–Crippen LogP) is 0.326. The van der Waals surface area contributed by atoms with Crippen LogP contribution >= 0.6 is 10.7 Å². The summed E-state index contributed by atoms with van der Waals surface area (Å²) in [5.41, 5.74) is -1.24. The Hall–Kier alpha value is 0.200. The zero-order valence-corrected chi connectivity index (χ0v) is 6.83. The molecule has 0 aliphatic carbocycles. The molecule has 0 saturated heterocycles. The summed E-state index contributed by atoms with van der Waals surface area (Å²) < 4.78 is 20.5. The molecule has 0 bridgehead atoms. The molecule has 1 N–H and O–H groups in total. The zero-order valence-electron chi connectivity index (χ0n) is 5.26. The van der Waals surface area contributed by atoms with Crippen LogP contribution in [0.1, 0.15) is 13.8 Å². The molecule has 0 aliphatic rings. The summed E-state index contributed by atoms with van der Waals surface area (Å²) >= 11 is 0. The molecule has 0 heterocycles. The monoisotopic (exact) mass is 172 g/mol.